The van der Waals surface area contributed by atoms with Gasteiger partial charge in [-0.1, -0.05) is 0 Å². The highest BCUT2D eigenvalue weighted by molar-refractivity contribution is 6.35. The predicted molar refractivity (Wildman–Crippen MR) is 107 cm³/mol. The molecular weight excluding hydrogens is 506 g/mol. The van der Waals surface area contributed by atoms with Crippen LogP contribution in [0, 0.1) is 17.8 Å². The van der Waals surface area contributed by atoms with Crippen molar-refractivity contribution < 1.29 is 55.1 Å². The van der Waals surface area contributed by atoms with Crippen LogP contribution in [0.15, 0.2) is 0 Å². The third-order valence-electron chi connectivity index (χ3n) is 6.31. The molecule has 2 unspecified atom stereocenters. The van der Waals surface area contributed by atoms with Gasteiger partial charge in [-0.15, -0.1) is 13.2 Å². The minimum atomic E-state index is -5.19. The Balaban J connectivity index is 2.40. The zero-order valence-electron chi connectivity index (χ0n) is 19.3. The summed E-state index contributed by atoms with van der Waals surface area (Å²) in [5.41, 5.74) is 2.55. The molecular formula is C20H26F6N4O6. The Morgan fingerprint density at radius 2 is 1.75 bits per heavy atom. The third kappa shape index (κ3) is 6.85. The van der Waals surface area contributed by atoms with E-state index < -0.39 is 90.9 Å². The van der Waals surface area contributed by atoms with Gasteiger partial charge in [0.05, 0.1) is 12.0 Å². The molecule has 204 valence electrons. The van der Waals surface area contributed by atoms with Gasteiger partial charge in [0.15, 0.2) is 5.78 Å². The zero-order chi connectivity index (χ0) is 27.6. The van der Waals surface area contributed by atoms with Gasteiger partial charge in [-0.2, -0.15) is 13.2 Å². The average Bonchev–Trinajstić information content (AvgIpc) is 3.34. The number of carbonyl (C=O) groups excluding carboxylic acids is 5. The molecule has 16 heteroatoms. The predicted octanol–water partition coefficient (Wildman–Crippen LogP) is 0.394. The number of amides is 4. The topological polar surface area (TPSA) is 148 Å². The second-order valence-electron chi connectivity index (χ2n) is 9.18. The van der Waals surface area contributed by atoms with E-state index in [9.17, 15) is 50.3 Å². The van der Waals surface area contributed by atoms with Crippen molar-refractivity contribution in [3.63, 3.8) is 0 Å². The van der Waals surface area contributed by atoms with Crippen molar-refractivity contribution in [2.24, 2.45) is 23.5 Å². The van der Waals surface area contributed by atoms with E-state index in [1.165, 1.54) is 5.32 Å². The van der Waals surface area contributed by atoms with Gasteiger partial charge < -0.3 is 21.3 Å². The van der Waals surface area contributed by atoms with Gasteiger partial charge in [-0.05, 0) is 33.1 Å². The molecule has 2 aliphatic rings. The Bertz CT molecular complexity index is 906. The molecule has 0 aromatic heterocycles. The van der Waals surface area contributed by atoms with Gasteiger partial charge in [0.25, 0.3) is 0 Å². The first-order valence-electron chi connectivity index (χ1n) is 10.9. The maximum Gasteiger partial charge on any atom is 0.522 e. The average molecular weight is 532 g/mol. The molecule has 2 heterocycles. The first-order chi connectivity index (χ1) is 16.4. The monoisotopic (exact) mass is 532 g/mol. The number of primary amides is 1. The summed E-state index contributed by atoms with van der Waals surface area (Å²) >= 11 is 0. The third-order valence-corrected chi connectivity index (χ3v) is 6.31. The van der Waals surface area contributed by atoms with Crippen LogP contribution >= 0.6 is 0 Å². The molecule has 2 fully saturated rings. The first kappa shape index (κ1) is 29.3. The summed E-state index contributed by atoms with van der Waals surface area (Å²) in [7, 11) is 0. The van der Waals surface area contributed by atoms with Gasteiger partial charge in [-0.3, -0.25) is 28.7 Å². The van der Waals surface area contributed by atoms with Crippen molar-refractivity contribution in [3.8, 4) is 0 Å². The molecule has 0 bridgehead atoms. The molecule has 2 aliphatic heterocycles. The van der Waals surface area contributed by atoms with Crippen LogP contribution in [-0.2, 0) is 28.7 Å². The first-order valence-corrected chi connectivity index (χ1v) is 10.9. The van der Waals surface area contributed by atoms with E-state index >= 15 is 0 Å². The molecule has 36 heavy (non-hydrogen) atoms. The number of Topliss-reactive ketones (excluding diaryl/α,β-unsaturated/α-hetero) is 1. The summed E-state index contributed by atoms with van der Waals surface area (Å²) in [4.78, 5) is 62.9. The second-order valence-corrected chi connectivity index (χ2v) is 9.18. The summed E-state index contributed by atoms with van der Waals surface area (Å²) in [5, 5.41) is 4.02. The highest BCUT2D eigenvalue weighted by Crippen LogP contribution is 2.36. The van der Waals surface area contributed by atoms with Crippen LogP contribution in [-0.4, -0.2) is 78.1 Å². The largest absolute Gasteiger partial charge is 0.522 e. The number of nitrogens with one attached hydrogen (secondary N) is 2. The lowest BCUT2D eigenvalue weighted by molar-refractivity contribution is -0.321. The molecule has 10 nitrogen and oxygen atoms in total. The van der Waals surface area contributed by atoms with Crippen molar-refractivity contribution in [1.29, 1.82) is 0 Å². The van der Waals surface area contributed by atoms with Crippen LogP contribution < -0.4 is 16.4 Å². The maximum atomic E-state index is 13.2. The lowest BCUT2D eigenvalue weighted by atomic mass is 9.79. The van der Waals surface area contributed by atoms with E-state index in [2.05, 4.69) is 10.1 Å². The number of ketones is 1. The summed E-state index contributed by atoms with van der Waals surface area (Å²) in [6.45, 7) is -0.487. The van der Waals surface area contributed by atoms with Gasteiger partial charge in [0.1, 0.15) is 12.1 Å². The van der Waals surface area contributed by atoms with Crippen LogP contribution in [0.3, 0.4) is 0 Å². The summed E-state index contributed by atoms with van der Waals surface area (Å²) < 4.78 is 80.8. The van der Waals surface area contributed by atoms with Crippen LogP contribution in [0.4, 0.5) is 26.3 Å². The van der Waals surface area contributed by atoms with Crippen molar-refractivity contribution in [2.75, 3.05) is 19.7 Å². The Morgan fingerprint density at radius 3 is 2.22 bits per heavy atom. The van der Waals surface area contributed by atoms with Gasteiger partial charge in [-0.25, -0.2) is 0 Å². The van der Waals surface area contributed by atoms with Crippen LogP contribution in [0.1, 0.15) is 33.1 Å². The standard InChI is InChI=1S/C20H26F6N4O6/c1-18(2,19(21,22)23)29-16(34)17(35)30-6-4-10(14(27)32)13(30)11(7-9-3-5-28-15(9)33)12(31)8-36-20(24,25)26/h9-11,13H,3-8H2,1-2H3,(H2,27,32)(H,28,33)(H,29,34)/t9-,10?,11-,13?/m1/s1. The fourth-order valence-electron chi connectivity index (χ4n) is 4.30. The molecule has 2 saturated heterocycles. The lowest BCUT2D eigenvalue weighted by Crippen LogP contribution is -2.59. The molecule has 4 amide bonds. The quantitative estimate of drug-likeness (QED) is 0.305. The number of rotatable bonds is 8. The van der Waals surface area contributed by atoms with Crippen LogP contribution in [0.25, 0.3) is 0 Å². The molecule has 0 radical (unpaired) electrons. The lowest BCUT2D eigenvalue weighted by Gasteiger charge is -2.35. The minimum Gasteiger partial charge on any atom is -0.369 e. The van der Waals surface area contributed by atoms with E-state index in [0.29, 0.717) is 18.7 Å². The highest BCUT2D eigenvalue weighted by atomic mass is 19.4. The molecule has 0 aliphatic carbocycles. The summed E-state index contributed by atoms with van der Waals surface area (Å²) in [6.07, 6.45) is -10.5. The molecule has 2 rings (SSSR count). The van der Waals surface area contributed by atoms with Gasteiger partial charge >= 0.3 is 24.4 Å². The van der Waals surface area contributed by atoms with Crippen molar-refractivity contribution in [3.05, 3.63) is 0 Å². The van der Waals surface area contributed by atoms with Gasteiger partial charge in [0.2, 0.25) is 11.8 Å². The smallest absolute Gasteiger partial charge is 0.369 e. The Kier molecular flexibility index (Phi) is 8.63. The number of likely N-dealkylation sites (tertiary alicyclic amines) is 1. The number of carbonyl (C=O) groups is 5. The number of halogens is 6. The number of hydrogen-bond donors (Lipinski definition) is 3. The highest BCUT2D eigenvalue weighted by Gasteiger charge is 2.52. The van der Waals surface area contributed by atoms with Crippen molar-refractivity contribution in [2.45, 2.75) is 57.2 Å². The maximum absolute atomic E-state index is 13.2. The Labute approximate surface area is 201 Å². The Morgan fingerprint density at radius 1 is 1.14 bits per heavy atom. The number of nitrogens with zero attached hydrogens (tertiary/aromatic N) is 1. The minimum absolute atomic E-state index is 0.199. The molecule has 4 atom stereocenters. The zero-order valence-corrected chi connectivity index (χ0v) is 19.3. The molecule has 0 saturated carbocycles. The number of hydrogen-bond acceptors (Lipinski definition) is 6. The Hall–Kier alpha value is -2.91. The van der Waals surface area contributed by atoms with E-state index in [4.69, 9.17) is 5.73 Å². The fraction of sp³-hybridized carbons (Fsp3) is 0.750. The van der Waals surface area contributed by atoms with Gasteiger partial charge in [0, 0.05) is 24.9 Å². The molecule has 4 N–H and O–H groups in total. The fourth-order valence-corrected chi connectivity index (χ4v) is 4.30. The summed E-state index contributed by atoms with van der Waals surface area (Å²) in [5.74, 6) is -9.81. The van der Waals surface area contributed by atoms with Crippen LogP contribution in [0.2, 0.25) is 0 Å². The van der Waals surface area contributed by atoms with E-state index in [0.717, 1.165) is 0 Å². The molecule has 0 aromatic carbocycles. The van der Waals surface area contributed by atoms with E-state index in [1.54, 1.807) is 0 Å². The second kappa shape index (κ2) is 10.6. The molecule has 0 spiro atoms. The number of nitrogens with two attached hydrogens (primary N) is 1. The van der Waals surface area contributed by atoms with Crippen LogP contribution in [0.5, 0.6) is 0 Å². The van der Waals surface area contributed by atoms with E-state index in [-0.39, 0.29) is 19.4 Å². The van der Waals surface area contributed by atoms with E-state index in [1.807, 2.05) is 0 Å². The molecule has 0 aromatic rings. The van der Waals surface area contributed by atoms with Crippen molar-refractivity contribution >= 4 is 29.4 Å². The van der Waals surface area contributed by atoms with Crippen molar-refractivity contribution in [1.82, 2.24) is 15.5 Å². The number of ether oxygens (including phenoxy) is 1. The SMILES string of the molecule is CC(C)(NC(=O)C(=O)N1CCC(C(N)=O)C1[C@H](C[C@H]1CCNC1=O)C(=O)COC(F)(F)F)C(F)(F)F. The normalized spacial score (nSPS) is 23.8. The number of alkyl halides is 6. The summed E-state index contributed by atoms with van der Waals surface area (Å²) in [6, 6.07) is -1.58.